The number of hydrogen-bond acceptors (Lipinski definition) is 4. The van der Waals surface area contributed by atoms with Crippen LogP contribution >= 0.6 is 0 Å². The number of carbonyl (C=O) groups is 1. The molecule has 6 nitrogen and oxygen atoms in total. The van der Waals surface area contributed by atoms with Crippen molar-refractivity contribution in [3.63, 3.8) is 0 Å². The third kappa shape index (κ3) is 4.31. The summed E-state index contributed by atoms with van der Waals surface area (Å²) < 4.78 is 32.0. The van der Waals surface area contributed by atoms with Gasteiger partial charge in [0.1, 0.15) is 11.5 Å². The van der Waals surface area contributed by atoms with E-state index in [-0.39, 0.29) is 17.3 Å². The predicted octanol–water partition coefficient (Wildman–Crippen LogP) is 1.52. The number of carbonyl (C=O) groups excluding carboxylic acids is 1. The van der Waals surface area contributed by atoms with Crippen LogP contribution in [0.3, 0.4) is 0 Å². The summed E-state index contributed by atoms with van der Waals surface area (Å²) in [5, 5.41) is 2.45. The highest BCUT2D eigenvalue weighted by Crippen LogP contribution is 2.12. The van der Waals surface area contributed by atoms with E-state index in [1.165, 1.54) is 31.3 Å². The second-order valence-corrected chi connectivity index (χ2v) is 6.16. The zero-order valence-electron chi connectivity index (χ0n) is 11.9. The summed E-state index contributed by atoms with van der Waals surface area (Å²) in [5.74, 6) is 0.677. The molecule has 1 amide bonds. The second-order valence-electron chi connectivity index (χ2n) is 4.39. The highest BCUT2D eigenvalue weighted by molar-refractivity contribution is 7.89. The van der Waals surface area contributed by atoms with E-state index >= 15 is 0 Å². The Balaban J connectivity index is 1.99. The molecule has 0 fully saturated rings. The number of sulfonamides is 1. The molecule has 0 aliphatic rings. The van der Waals surface area contributed by atoms with E-state index < -0.39 is 10.0 Å². The van der Waals surface area contributed by atoms with Gasteiger partial charge in [0.15, 0.2) is 0 Å². The van der Waals surface area contributed by atoms with Gasteiger partial charge in [0, 0.05) is 13.1 Å². The number of rotatable bonds is 6. The molecule has 116 valence electrons. The smallest absolute Gasteiger partial charge is 0.243 e. The van der Waals surface area contributed by atoms with Gasteiger partial charge in [-0.25, -0.2) is 13.1 Å². The summed E-state index contributed by atoms with van der Waals surface area (Å²) >= 11 is 0. The maximum absolute atomic E-state index is 12.0. The van der Waals surface area contributed by atoms with Crippen molar-refractivity contribution in [2.24, 2.45) is 0 Å². The van der Waals surface area contributed by atoms with Crippen molar-refractivity contribution in [1.29, 1.82) is 0 Å². The molecule has 0 aliphatic carbocycles. The largest absolute Gasteiger partial charge is 0.460 e. The van der Waals surface area contributed by atoms with E-state index in [1.807, 2.05) is 0 Å². The standard InChI is InChI=1S/C15H16N2O4S/c1-16-15(18)10-9-12-7-8-13(21-12)11-17-22(19,20)14-5-3-2-4-6-14/h2-10,17H,11H2,1H3,(H,16,18)/b10-9+. The first kappa shape index (κ1) is 16.0. The van der Waals surface area contributed by atoms with Crippen molar-refractivity contribution < 1.29 is 17.6 Å². The monoisotopic (exact) mass is 320 g/mol. The van der Waals surface area contributed by atoms with E-state index in [2.05, 4.69) is 10.0 Å². The molecule has 0 saturated carbocycles. The number of nitrogens with one attached hydrogen (secondary N) is 2. The minimum Gasteiger partial charge on any atom is -0.460 e. The lowest BCUT2D eigenvalue weighted by Gasteiger charge is -2.04. The summed E-state index contributed by atoms with van der Waals surface area (Å²) in [4.78, 5) is 11.3. The van der Waals surface area contributed by atoms with E-state index in [4.69, 9.17) is 4.42 Å². The molecule has 2 aromatic rings. The van der Waals surface area contributed by atoms with E-state index in [1.54, 1.807) is 30.3 Å². The van der Waals surface area contributed by atoms with Gasteiger partial charge < -0.3 is 9.73 Å². The molecule has 2 N–H and O–H groups in total. The van der Waals surface area contributed by atoms with Crippen molar-refractivity contribution in [2.75, 3.05) is 7.05 Å². The molecular formula is C15H16N2O4S. The van der Waals surface area contributed by atoms with Crippen LogP contribution in [-0.4, -0.2) is 21.4 Å². The van der Waals surface area contributed by atoms with Crippen LogP contribution in [0.15, 0.2) is 57.9 Å². The number of likely N-dealkylation sites (N-methyl/N-ethyl adjacent to an activating group) is 1. The molecule has 22 heavy (non-hydrogen) atoms. The first-order chi connectivity index (χ1) is 10.5. The highest BCUT2D eigenvalue weighted by Gasteiger charge is 2.13. The lowest BCUT2D eigenvalue weighted by molar-refractivity contribution is -0.115. The van der Waals surface area contributed by atoms with Gasteiger partial charge in [-0.2, -0.15) is 0 Å². The molecule has 1 aromatic carbocycles. The zero-order valence-corrected chi connectivity index (χ0v) is 12.8. The molecule has 0 atom stereocenters. The third-order valence-electron chi connectivity index (χ3n) is 2.82. The quantitative estimate of drug-likeness (QED) is 0.790. The summed E-state index contributed by atoms with van der Waals surface area (Å²) in [6.07, 6.45) is 2.84. The van der Waals surface area contributed by atoms with Crippen LogP contribution in [0.1, 0.15) is 11.5 Å². The van der Waals surface area contributed by atoms with Gasteiger partial charge >= 0.3 is 0 Å². The van der Waals surface area contributed by atoms with Gasteiger partial charge in [-0.3, -0.25) is 4.79 Å². The fourth-order valence-corrected chi connectivity index (χ4v) is 2.68. The number of hydrogen-bond donors (Lipinski definition) is 2. The van der Waals surface area contributed by atoms with E-state index in [0.29, 0.717) is 11.5 Å². The summed E-state index contributed by atoms with van der Waals surface area (Å²) in [5.41, 5.74) is 0. The normalized spacial score (nSPS) is 11.7. The fraction of sp³-hybridized carbons (Fsp3) is 0.133. The Hall–Kier alpha value is -2.38. The third-order valence-corrected chi connectivity index (χ3v) is 4.23. The van der Waals surface area contributed by atoms with Crippen LogP contribution in [0, 0.1) is 0 Å². The Labute approximate surface area is 128 Å². The van der Waals surface area contributed by atoms with Crippen LogP contribution in [0.4, 0.5) is 0 Å². The SMILES string of the molecule is CNC(=O)/C=C/c1ccc(CNS(=O)(=O)c2ccccc2)o1. The number of furan rings is 1. The van der Waals surface area contributed by atoms with Crippen LogP contribution < -0.4 is 10.0 Å². The number of benzene rings is 1. The van der Waals surface area contributed by atoms with Gasteiger partial charge in [-0.1, -0.05) is 18.2 Å². The molecule has 7 heteroatoms. The lowest BCUT2D eigenvalue weighted by Crippen LogP contribution is -2.22. The first-order valence-electron chi connectivity index (χ1n) is 6.54. The summed E-state index contributed by atoms with van der Waals surface area (Å²) in [7, 11) is -2.04. The van der Waals surface area contributed by atoms with Gasteiger partial charge in [0.25, 0.3) is 0 Å². The van der Waals surface area contributed by atoms with Crippen LogP contribution in [0.2, 0.25) is 0 Å². The Bertz CT molecular complexity index is 764. The van der Waals surface area contributed by atoms with Gasteiger partial charge in [-0.15, -0.1) is 0 Å². The topological polar surface area (TPSA) is 88.4 Å². The summed E-state index contributed by atoms with van der Waals surface area (Å²) in [6, 6.07) is 11.4. The van der Waals surface area contributed by atoms with Crippen LogP contribution in [0.25, 0.3) is 6.08 Å². The summed E-state index contributed by atoms with van der Waals surface area (Å²) in [6.45, 7) is 0.0328. The number of amides is 1. The zero-order chi connectivity index (χ0) is 16.0. The second kappa shape index (κ2) is 7.06. The maximum Gasteiger partial charge on any atom is 0.243 e. The van der Waals surface area contributed by atoms with E-state index in [9.17, 15) is 13.2 Å². The van der Waals surface area contributed by atoms with Crippen LogP contribution in [-0.2, 0) is 21.4 Å². The predicted molar refractivity (Wildman–Crippen MR) is 82.3 cm³/mol. The Morgan fingerprint density at radius 3 is 2.59 bits per heavy atom. The molecular weight excluding hydrogens is 304 g/mol. The van der Waals surface area contributed by atoms with Gasteiger partial charge in [0.2, 0.25) is 15.9 Å². The molecule has 0 unspecified atom stereocenters. The fourth-order valence-electron chi connectivity index (χ4n) is 1.67. The molecule has 0 saturated heterocycles. The average Bonchev–Trinajstić information content (AvgIpc) is 2.99. The molecule has 0 radical (unpaired) electrons. The van der Waals surface area contributed by atoms with E-state index in [0.717, 1.165) is 0 Å². The van der Waals surface area contributed by atoms with Crippen molar-refractivity contribution in [3.8, 4) is 0 Å². The van der Waals surface area contributed by atoms with Crippen molar-refractivity contribution in [1.82, 2.24) is 10.0 Å². The minimum atomic E-state index is -3.57. The van der Waals surface area contributed by atoms with Gasteiger partial charge in [0.05, 0.1) is 11.4 Å². The molecule has 1 aromatic heterocycles. The first-order valence-corrected chi connectivity index (χ1v) is 8.03. The van der Waals surface area contributed by atoms with Crippen molar-refractivity contribution in [2.45, 2.75) is 11.4 Å². The molecule has 1 heterocycles. The Morgan fingerprint density at radius 2 is 1.91 bits per heavy atom. The van der Waals surface area contributed by atoms with Crippen molar-refractivity contribution >= 4 is 22.0 Å². The van der Waals surface area contributed by atoms with Crippen LogP contribution in [0.5, 0.6) is 0 Å². The lowest BCUT2D eigenvalue weighted by atomic mass is 10.4. The minimum absolute atomic E-state index is 0.0328. The van der Waals surface area contributed by atoms with Gasteiger partial charge in [-0.05, 0) is 30.3 Å². The molecule has 2 rings (SSSR count). The molecule has 0 spiro atoms. The van der Waals surface area contributed by atoms with Crippen molar-refractivity contribution in [3.05, 3.63) is 60.1 Å². The Kier molecular flexibility index (Phi) is 5.13. The maximum atomic E-state index is 12.0. The highest BCUT2D eigenvalue weighted by atomic mass is 32.2. The molecule has 0 aliphatic heterocycles. The molecule has 0 bridgehead atoms. The average molecular weight is 320 g/mol. The Morgan fingerprint density at radius 1 is 1.18 bits per heavy atom.